The van der Waals surface area contributed by atoms with E-state index in [0.717, 1.165) is 17.4 Å². The molecule has 0 aliphatic heterocycles. The molecule has 2 heterocycles. The minimum atomic E-state index is -1.04. The Morgan fingerprint density at radius 2 is 2.21 bits per heavy atom. The standard InChI is InChI=1S/C11H9N3O4S/c1-6-13-14-11(18-6)12-10(17)8-4-2-7(19-8)3-5-9(15)16/h2-5H,1H3,(H,15,16)(H,12,14,17)/b5-3+. The Bertz CT molecular complexity index is 644. The molecule has 0 aliphatic rings. The zero-order valence-electron chi connectivity index (χ0n) is 9.78. The topological polar surface area (TPSA) is 105 Å². The molecule has 2 aromatic rings. The van der Waals surface area contributed by atoms with Crippen molar-refractivity contribution in [1.82, 2.24) is 10.2 Å². The summed E-state index contributed by atoms with van der Waals surface area (Å²) < 4.78 is 5.02. The minimum absolute atomic E-state index is 0.0264. The van der Waals surface area contributed by atoms with Gasteiger partial charge in [-0.3, -0.25) is 10.1 Å². The van der Waals surface area contributed by atoms with Gasteiger partial charge in [0.15, 0.2) is 0 Å². The third-order valence-corrected chi connectivity index (χ3v) is 3.04. The van der Waals surface area contributed by atoms with Gasteiger partial charge < -0.3 is 9.52 Å². The molecule has 98 valence electrons. The maximum atomic E-state index is 11.8. The fourth-order valence-corrected chi connectivity index (χ4v) is 2.03. The number of hydrogen-bond acceptors (Lipinski definition) is 6. The normalized spacial score (nSPS) is 10.8. The Labute approximate surface area is 111 Å². The van der Waals surface area contributed by atoms with Crippen LogP contribution in [0, 0.1) is 6.92 Å². The van der Waals surface area contributed by atoms with Crippen LogP contribution in [0.3, 0.4) is 0 Å². The molecule has 19 heavy (non-hydrogen) atoms. The zero-order valence-corrected chi connectivity index (χ0v) is 10.6. The van der Waals surface area contributed by atoms with E-state index in [1.807, 2.05) is 0 Å². The number of carbonyl (C=O) groups is 2. The summed E-state index contributed by atoms with van der Waals surface area (Å²) in [5.41, 5.74) is 0. The summed E-state index contributed by atoms with van der Waals surface area (Å²) in [7, 11) is 0. The zero-order chi connectivity index (χ0) is 13.8. The van der Waals surface area contributed by atoms with Gasteiger partial charge in [-0.1, -0.05) is 5.10 Å². The Balaban J connectivity index is 2.06. The van der Waals surface area contributed by atoms with Crippen molar-refractivity contribution in [3.8, 4) is 0 Å². The van der Waals surface area contributed by atoms with Crippen molar-refractivity contribution in [1.29, 1.82) is 0 Å². The van der Waals surface area contributed by atoms with E-state index in [1.54, 1.807) is 19.1 Å². The van der Waals surface area contributed by atoms with Gasteiger partial charge in [-0.25, -0.2) is 4.79 Å². The lowest BCUT2D eigenvalue weighted by Crippen LogP contribution is -2.10. The van der Waals surface area contributed by atoms with Gasteiger partial charge in [-0.2, -0.15) is 0 Å². The molecule has 0 unspecified atom stereocenters. The number of carboxylic acid groups (broad SMARTS) is 1. The molecule has 0 spiro atoms. The summed E-state index contributed by atoms with van der Waals surface area (Å²) >= 11 is 1.16. The second kappa shape index (κ2) is 5.44. The van der Waals surface area contributed by atoms with Crippen LogP contribution in [-0.4, -0.2) is 27.2 Å². The first-order chi connectivity index (χ1) is 9.04. The number of carbonyl (C=O) groups excluding carboxylic acids is 1. The number of anilines is 1. The van der Waals surface area contributed by atoms with Crippen LogP contribution in [0.15, 0.2) is 22.6 Å². The van der Waals surface area contributed by atoms with E-state index in [1.165, 1.54) is 6.08 Å². The first kappa shape index (κ1) is 13.0. The number of hydrogen-bond donors (Lipinski definition) is 2. The van der Waals surface area contributed by atoms with Gasteiger partial charge in [0.1, 0.15) is 0 Å². The van der Waals surface area contributed by atoms with Crippen molar-refractivity contribution in [3.63, 3.8) is 0 Å². The van der Waals surface area contributed by atoms with Crippen molar-refractivity contribution in [2.24, 2.45) is 0 Å². The fourth-order valence-electron chi connectivity index (χ4n) is 1.22. The number of amides is 1. The lowest BCUT2D eigenvalue weighted by Gasteiger charge is -1.95. The van der Waals surface area contributed by atoms with Crippen LogP contribution < -0.4 is 5.32 Å². The predicted octanol–water partition coefficient (Wildman–Crippen LogP) is 1.79. The Kier molecular flexibility index (Phi) is 3.71. The SMILES string of the molecule is Cc1nnc(NC(=O)c2ccc(/C=C/C(=O)O)s2)o1. The highest BCUT2D eigenvalue weighted by Gasteiger charge is 2.12. The van der Waals surface area contributed by atoms with Gasteiger partial charge in [-0.15, -0.1) is 16.4 Å². The quantitative estimate of drug-likeness (QED) is 0.826. The Morgan fingerprint density at radius 3 is 2.84 bits per heavy atom. The maximum absolute atomic E-state index is 11.8. The lowest BCUT2D eigenvalue weighted by atomic mass is 10.4. The fraction of sp³-hybridized carbons (Fsp3) is 0.0909. The van der Waals surface area contributed by atoms with E-state index in [4.69, 9.17) is 9.52 Å². The summed E-state index contributed by atoms with van der Waals surface area (Å²) in [5, 5.41) is 18.2. The van der Waals surface area contributed by atoms with Crippen LogP contribution in [0.4, 0.5) is 6.01 Å². The lowest BCUT2D eigenvalue weighted by molar-refractivity contribution is -0.131. The number of rotatable bonds is 4. The molecule has 0 radical (unpaired) electrons. The Morgan fingerprint density at radius 1 is 1.42 bits per heavy atom. The van der Waals surface area contributed by atoms with E-state index in [-0.39, 0.29) is 11.9 Å². The van der Waals surface area contributed by atoms with Crippen molar-refractivity contribution >= 4 is 35.3 Å². The van der Waals surface area contributed by atoms with E-state index in [0.29, 0.717) is 15.6 Å². The molecule has 0 saturated carbocycles. The van der Waals surface area contributed by atoms with Gasteiger partial charge in [0.2, 0.25) is 5.89 Å². The van der Waals surface area contributed by atoms with Crippen LogP contribution in [-0.2, 0) is 4.79 Å². The number of aromatic nitrogens is 2. The molecule has 0 aliphatic carbocycles. The number of aryl methyl sites for hydroxylation is 1. The number of thiophene rings is 1. The molecule has 0 aromatic carbocycles. The maximum Gasteiger partial charge on any atom is 0.328 e. The highest BCUT2D eigenvalue weighted by atomic mass is 32.1. The number of nitrogens with zero attached hydrogens (tertiary/aromatic N) is 2. The van der Waals surface area contributed by atoms with Gasteiger partial charge in [-0.05, 0) is 18.2 Å². The van der Waals surface area contributed by atoms with Crippen molar-refractivity contribution in [2.75, 3.05) is 5.32 Å². The second-order valence-corrected chi connectivity index (χ2v) is 4.57. The molecular weight excluding hydrogens is 270 g/mol. The van der Waals surface area contributed by atoms with Crippen LogP contribution in [0.25, 0.3) is 6.08 Å². The van der Waals surface area contributed by atoms with Crippen LogP contribution in [0.1, 0.15) is 20.4 Å². The highest BCUT2D eigenvalue weighted by molar-refractivity contribution is 7.15. The first-order valence-electron chi connectivity index (χ1n) is 5.17. The summed E-state index contributed by atoms with van der Waals surface area (Å²) in [6.07, 6.45) is 2.43. The minimum Gasteiger partial charge on any atom is -0.478 e. The molecular formula is C11H9N3O4S. The number of carboxylic acids is 1. The monoisotopic (exact) mass is 279 g/mol. The number of nitrogens with one attached hydrogen (secondary N) is 1. The van der Waals surface area contributed by atoms with Gasteiger partial charge in [0.25, 0.3) is 5.91 Å². The third kappa shape index (κ3) is 3.49. The summed E-state index contributed by atoms with van der Waals surface area (Å²) in [6, 6.07) is 3.27. The van der Waals surface area contributed by atoms with Gasteiger partial charge >= 0.3 is 12.0 Å². The van der Waals surface area contributed by atoms with Crippen molar-refractivity contribution in [3.05, 3.63) is 33.9 Å². The average Bonchev–Trinajstić information content (AvgIpc) is 2.95. The second-order valence-electron chi connectivity index (χ2n) is 3.45. The average molecular weight is 279 g/mol. The molecule has 0 saturated heterocycles. The first-order valence-corrected chi connectivity index (χ1v) is 5.98. The molecule has 0 bridgehead atoms. The number of aliphatic carboxylic acids is 1. The molecule has 1 amide bonds. The largest absolute Gasteiger partial charge is 0.478 e. The van der Waals surface area contributed by atoms with Crippen molar-refractivity contribution < 1.29 is 19.1 Å². The summed E-state index contributed by atoms with van der Waals surface area (Å²) in [6.45, 7) is 1.61. The van der Waals surface area contributed by atoms with Crippen LogP contribution in [0.5, 0.6) is 0 Å². The predicted molar refractivity (Wildman–Crippen MR) is 68.0 cm³/mol. The molecule has 0 atom stereocenters. The van der Waals surface area contributed by atoms with E-state index in [2.05, 4.69) is 15.5 Å². The van der Waals surface area contributed by atoms with Gasteiger partial charge in [0.05, 0.1) is 4.88 Å². The molecule has 2 N–H and O–H groups in total. The molecule has 0 fully saturated rings. The van der Waals surface area contributed by atoms with Gasteiger partial charge in [0, 0.05) is 17.9 Å². The van der Waals surface area contributed by atoms with Crippen LogP contribution in [0.2, 0.25) is 0 Å². The molecule has 2 aromatic heterocycles. The summed E-state index contributed by atoms with van der Waals surface area (Å²) in [5.74, 6) is -1.07. The molecule has 7 nitrogen and oxygen atoms in total. The highest BCUT2D eigenvalue weighted by Crippen LogP contribution is 2.19. The van der Waals surface area contributed by atoms with E-state index >= 15 is 0 Å². The molecule has 2 rings (SSSR count). The smallest absolute Gasteiger partial charge is 0.328 e. The Hall–Kier alpha value is -2.48. The third-order valence-electron chi connectivity index (χ3n) is 1.99. The van der Waals surface area contributed by atoms with Crippen molar-refractivity contribution in [2.45, 2.75) is 6.92 Å². The van der Waals surface area contributed by atoms with Crippen LogP contribution >= 0.6 is 11.3 Å². The van der Waals surface area contributed by atoms with E-state index < -0.39 is 5.97 Å². The van der Waals surface area contributed by atoms with E-state index in [9.17, 15) is 9.59 Å². The molecule has 8 heteroatoms. The summed E-state index contributed by atoms with van der Waals surface area (Å²) in [4.78, 5) is 23.3.